The zero-order valence-electron chi connectivity index (χ0n) is 7.65. The highest BCUT2D eigenvalue weighted by Gasteiger charge is 2.27. The molecule has 0 N–H and O–H groups in total. The first kappa shape index (κ1) is 9.52. The Bertz CT molecular complexity index is 313. The molecule has 0 aliphatic carbocycles. The van der Waals surface area contributed by atoms with Gasteiger partial charge in [0, 0.05) is 25.9 Å². The molecular formula is C9H11ClN2O2. The van der Waals surface area contributed by atoms with Crippen LogP contribution in [0.4, 0.5) is 0 Å². The smallest absolute Gasteiger partial charge is 0.224 e. The number of oxazole rings is 1. The maximum absolute atomic E-state index is 11.3. The first-order chi connectivity index (χ1) is 6.75. The van der Waals surface area contributed by atoms with Crippen LogP contribution in [0.3, 0.4) is 0 Å². The van der Waals surface area contributed by atoms with Crippen molar-refractivity contribution in [2.24, 2.45) is 0 Å². The molecule has 1 unspecified atom stereocenters. The molecule has 5 heteroatoms. The Hall–Kier alpha value is -1.03. The summed E-state index contributed by atoms with van der Waals surface area (Å²) in [6.45, 7) is 1.33. The van der Waals surface area contributed by atoms with Gasteiger partial charge < -0.3 is 9.32 Å². The highest BCUT2D eigenvalue weighted by molar-refractivity contribution is 6.22. The van der Waals surface area contributed by atoms with Crippen molar-refractivity contribution in [1.29, 1.82) is 0 Å². The Morgan fingerprint density at radius 1 is 1.71 bits per heavy atom. The Kier molecular flexibility index (Phi) is 2.72. The third kappa shape index (κ3) is 2.07. The molecule has 0 bridgehead atoms. The predicted octanol–water partition coefficient (Wildman–Crippen LogP) is 1.06. The zero-order chi connectivity index (χ0) is 9.97. The van der Waals surface area contributed by atoms with E-state index in [0.717, 1.165) is 12.1 Å². The van der Waals surface area contributed by atoms with E-state index in [1.165, 1.54) is 6.39 Å². The van der Waals surface area contributed by atoms with Gasteiger partial charge in [-0.2, -0.15) is 0 Å². The second-order valence-corrected chi connectivity index (χ2v) is 3.99. The SMILES string of the molecule is O=C1CC(Cl)CN1CCc1cocn1. The maximum atomic E-state index is 11.3. The normalized spacial score (nSPS) is 21.9. The first-order valence-electron chi connectivity index (χ1n) is 4.54. The van der Waals surface area contributed by atoms with E-state index in [9.17, 15) is 4.79 Å². The zero-order valence-corrected chi connectivity index (χ0v) is 8.41. The van der Waals surface area contributed by atoms with Crippen LogP contribution in [0.5, 0.6) is 0 Å². The quantitative estimate of drug-likeness (QED) is 0.707. The molecular weight excluding hydrogens is 204 g/mol. The minimum Gasteiger partial charge on any atom is -0.451 e. The van der Waals surface area contributed by atoms with E-state index in [-0.39, 0.29) is 11.3 Å². The van der Waals surface area contributed by atoms with E-state index < -0.39 is 0 Å². The van der Waals surface area contributed by atoms with Crippen molar-refractivity contribution >= 4 is 17.5 Å². The minimum atomic E-state index is -0.0280. The van der Waals surface area contributed by atoms with Crippen molar-refractivity contribution in [3.63, 3.8) is 0 Å². The van der Waals surface area contributed by atoms with Crippen LogP contribution in [0.2, 0.25) is 0 Å². The van der Waals surface area contributed by atoms with Gasteiger partial charge in [0.15, 0.2) is 6.39 Å². The lowest BCUT2D eigenvalue weighted by atomic mass is 10.3. The van der Waals surface area contributed by atoms with Crippen molar-refractivity contribution in [2.45, 2.75) is 18.2 Å². The second kappa shape index (κ2) is 4.00. The fraction of sp³-hybridized carbons (Fsp3) is 0.556. The number of alkyl halides is 1. The summed E-state index contributed by atoms with van der Waals surface area (Å²) < 4.78 is 4.84. The maximum Gasteiger partial charge on any atom is 0.224 e. The van der Waals surface area contributed by atoms with E-state index in [1.807, 2.05) is 0 Å². The fourth-order valence-electron chi connectivity index (χ4n) is 1.55. The molecule has 0 spiro atoms. The average Bonchev–Trinajstić information content (AvgIpc) is 2.72. The van der Waals surface area contributed by atoms with Crippen molar-refractivity contribution in [3.05, 3.63) is 18.4 Å². The molecule has 1 amide bonds. The van der Waals surface area contributed by atoms with Crippen LogP contribution in [0.1, 0.15) is 12.1 Å². The van der Waals surface area contributed by atoms with Crippen molar-refractivity contribution in [2.75, 3.05) is 13.1 Å². The number of carbonyl (C=O) groups excluding carboxylic acids is 1. The lowest BCUT2D eigenvalue weighted by Crippen LogP contribution is -2.27. The minimum absolute atomic E-state index is 0.0280. The Balaban J connectivity index is 1.84. The standard InChI is InChI=1S/C9H11ClN2O2/c10-7-3-9(13)12(4-7)2-1-8-5-14-6-11-8/h5-7H,1-4H2. The molecule has 1 saturated heterocycles. The predicted molar refractivity (Wildman–Crippen MR) is 51.0 cm³/mol. The van der Waals surface area contributed by atoms with E-state index in [1.54, 1.807) is 11.2 Å². The van der Waals surface area contributed by atoms with E-state index in [4.69, 9.17) is 16.0 Å². The third-order valence-electron chi connectivity index (χ3n) is 2.29. The molecule has 2 rings (SSSR count). The summed E-state index contributed by atoms with van der Waals surface area (Å²) in [4.78, 5) is 17.1. The van der Waals surface area contributed by atoms with Gasteiger partial charge in [-0.3, -0.25) is 4.79 Å². The monoisotopic (exact) mass is 214 g/mol. The van der Waals surface area contributed by atoms with Crippen LogP contribution in [-0.2, 0) is 11.2 Å². The van der Waals surface area contributed by atoms with Gasteiger partial charge in [-0.15, -0.1) is 11.6 Å². The summed E-state index contributed by atoms with van der Waals surface area (Å²) in [5.41, 5.74) is 0.871. The van der Waals surface area contributed by atoms with Crippen LogP contribution in [-0.4, -0.2) is 34.3 Å². The molecule has 0 radical (unpaired) electrons. The van der Waals surface area contributed by atoms with Gasteiger partial charge in [0.1, 0.15) is 6.26 Å². The van der Waals surface area contributed by atoms with E-state index in [0.29, 0.717) is 19.5 Å². The van der Waals surface area contributed by atoms with Crippen LogP contribution in [0.25, 0.3) is 0 Å². The number of amides is 1. The summed E-state index contributed by atoms with van der Waals surface area (Å²) in [6.07, 6.45) is 4.18. The number of carbonyl (C=O) groups is 1. The number of nitrogens with zero attached hydrogens (tertiary/aromatic N) is 2. The van der Waals surface area contributed by atoms with Crippen molar-refractivity contribution in [3.8, 4) is 0 Å². The molecule has 0 saturated carbocycles. The summed E-state index contributed by atoms with van der Waals surface area (Å²) in [5.74, 6) is 0.133. The van der Waals surface area contributed by atoms with Gasteiger partial charge in [0.25, 0.3) is 0 Å². The molecule has 76 valence electrons. The molecule has 1 aliphatic heterocycles. The van der Waals surface area contributed by atoms with Crippen molar-refractivity contribution in [1.82, 2.24) is 9.88 Å². The van der Waals surface area contributed by atoms with Gasteiger partial charge in [-0.25, -0.2) is 4.98 Å². The molecule has 1 aliphatic rings. The summed E-state index contributed by atoms with van der Waals surface area (Å²) in [7, 11) is 0. The van der Waals surface area contributed by atoms with Crippen molar-refractivity contribution < 1.29 is 9.21 Å². The third-order valence-corrected chi connectivity index (χ3v) is 2.58. The second-order valence-electron chi connectivity index (χ2n) is 3.37. The lowest BCUT2D eigenvalue weighted by molar-refractivity contribution is -0.127. The molecule has 14 heavy (non-hydrogen) atoms. The number of hydrogen-bond acceptors (Lipinski definition) is 3. The number of halogens is 1. The number of likely N-dealkylation sites (tertiary alicyclic amines) is 1. The van der Waals surface area contributed by atoms with Gasteiger partial charge >= 0.3 is 0 Å². The Morgan fingerprint density at radius 2 is 2.57 bits per heavy atom. The van der Waals surface area contributed by atoms with Gasteiger partial charge in [-0.05, 0) is 0 Å². The van der Waals surface area contributed by atoms with Crippen LogP contribution in [0, 0.1) is 0 Å². The summed E-state index contributed by atoms with van der Waals surface area (Å²) in [5, 5.41) is -0.0280. The number of hydrogen-bond donors (Lipinski definition) is 0. The van der Waals surface area contributed by atoms with Gasteiger partial charge in [0.2, 0.25) is 5.91 Å². The van der Waals surface area contributed by atoms with Crippen LogP contribution in [0.15, 0.2) is 17.1 Å². The van der Waals surface area contributed by atoms with Gasteiger partial charge in [0.05, 0.1) is 11.1 Å². The molecule has 0 aromatic carbocycles. The average molecular weight is 215 g/mol. The topological polar surface area (TPSA) is 46.3 Å². The largest absolute Gasteiger partial charge is 0.451 e. The molecule has 4 nitrogen and oxygen atoms in total. The van der Waals surface area contributed by atoms with E-state index >= 15 is 0 Å². The summed E-state index contributed by atoms with van der Waals surface area (Å²) in [6, 6.07) is 0. The fourth-order valence-corrected chi connectivity index (χ4v) is 1.85. The van der Waals surface area contributed by atoms with Crippen LogP contribution < -0.4 is 0 Å². The highest BCUT2D eigenvalue weighted by atomic mass is 35.5. The number of aromatic nitrogens is 1. The molecule has 1 atom stereocenters. The Morgan fingerprint density at radius 3 is 3.14 bits per heavy atom. The number of rotatable bonds is 3. The molecule has 1 fully saturated rings. The van der Waals surface area contributed by atoms with E-state index in [2.05, 4.69) is 4.98 Å². The van der Waals surface area contributed by atoms with Crippen LogP contribution >= 0.6 is 11.6 Å². The Labute approximate surface area is 86.9 Å². The molecule has 1 aromatic heterocycles. The lowest BCUT2D eigenvalue weighted by Gasteiger charge is -2.14. The highest BCUT2D eigenvalue weighted by Crippen LogP contribution is 2.16. The molecule has 2 heterocycles. The summed E-state index contributed by atoms with van der Waals surface area (Å²) >= 11 is 5.87. The molecule has 1 aromatic rings. The van der Waals surface area contributed by atoms with Gasteiger partial charge in [-0.1, -0.05) is 0 Å². The first-order valence-corrected chi connectivity index (χ1v) is 4.98.